The molecule has 2 aromatic carbocycles. The third-order valence-corrected chi connectivity index (χ3v) is 5.24. The van der Waals surface area contributed by atoms with E-state index in [0.29, 0.717) is 10.2 Å². The molecule has 1 saturated heterocycles. The van der Waals surface area contributed by atoms with Crippen LogP contribution in [0.15, 0.2) is 46.9 Å². The number of carbonyl (C=O) groups is 2. The first-order chi connectivity index (χ1) is 12.0. The number of halogens is 3. The number of nitrogens with zero attached hydrogens (tertiary/aromatic N) is 1. The number of carbonyl (C=O) groups excluding carboxylic acids is 2. The van der Waals surface area contributed by atoms with E-state index in [2.05, 4.69) is 21.2 Å². The summed E-state index contributed by atoms with van der Waals surface area (Å²) in [5.74, 6) is -1.65. The number of benzene rings is 2. The first-order valence-corrected chi connectivity index (χ1v) is 9.31. The van der Waals surface area contributed by atoms with E-state index in [4.69, 9.17) is 0 Å². The minimum atomic E-state index is -0.792. The highest BCUT2D eigenvalue weighted by atomic mass is 79.9. The molecule has 0 saturated carbocycles. The smallest absolute Gasteiger partial charge is 0.258 e. The summed E-state index contributed by atoms with van der Waals surface area (Å²) < 4.78 is 28.3. The van der Waals surface area contributed by atoms with E-state index in [-0.39, 0.29) is 17.1 Å². The number of thioether (sulfide) groups is 1. The van der Waals surface area contributed by atoms with Gasteiger partial charge in [0, 0.05) is 10.2 Å². The predicted octanol–water partition coefficient (Wildman–Crippen LogP) is 3.88. The highest BCUT2D eigenvalue weighted by Crippen LogP contribution is 2.26. The second-order valence-electron chi connectivity index (χ2n) is 5.38. The Hall–Kier alpha value is -1.93. The van der Waals surface area contributed by atoms with Gasteiger partial charge in [-0.3, -0.25) is 9.59 Å². The molecule has 1 aliphatic rings. The van der Waals surface area contributed by atoms with Crippen molar-refractivity contribution in [1.82, 2.24) is 4.90 Å². The number of hydrogen-bond donors (Lipinski definition) is 1. The van der Waals surface area contributed by atoms with Gasteiger partial charge in [-0.1, -0.05) is 28.1 Å². The zero-order chi connectivity index (χ0) is 18.0. The molecule has 1 aliphatic heterocycles. The summed E-state index contributed by atoms with van der Waals surface area (Å²) in [6.07, 6.45) is 0. The fraction of sp³-hybridized carbons (Fsp3) is 0.176. The van der Waals surface area contributed by atoms with Gasteiger partial charge in [0.1, 0.15) is 17.7 Å². The number of amides is 2. The van der Waals surface area contributed by atoms with Crippen molar-refractivity contribution < 1.29 is 18.4 Å². The van der Waals surface area contributed by atoms with E-state index < -0.39 is 29.5 Å². The van der Waals surface area contributed by atoms with Gasteiger partial charge in [0.05, 0.1) is 17.1 Å². The summed E-state index contributed by atoms with van der Waals surface area (Å²) in [7, 11) is 0. The van der Waals surface area contributed by atoms with Crippen molar-refractivity contribution in [3.05, 3.63) is 64.1 Å². The van der Waals surface area contributed by atoms with Crippen LogP contribution in [0.1, 0.15) is 10.4 Å². The number of anilines is 1. The first kappa shape index (κ1) is 17.9. The summed E-state index contributed by atoms with van der Waals surface area (Å²) in [6.45, 7) is 0. The average molecular weight is 427 g/mol. The van der Waals surface area contributed by atoms with Gasteiger partial charge in [0.15, 0.2) is 0 Å². The van der Waals surface area contributed by atoms with Gasteiger partial charge in [-0.05, 0) is 30.3 Å². The molecule has 1 atom stereocenters. The van der Waals surface area contributed by atoms with Crippen molar-refractivity contribution >= 4 is 45.2 Å². The Kier molecular flexibility index (Phi) is 5.39. The molecule has 2 amide bonds. The molecule has 0 radical (unpaired) electrons. The zero-order valence-corrected chi connectivity index (χ0v) is 15.2. The Morgan fingerprint density at radius 2 is 1.92 bits per heavy atom. The molecule has 3 rings (SSSR count). The van der Waals surface area contributed by atoms with Gasteiger partial charge in [-0.25, -0.2) is 8.78 Å². The fourth-order valence-electron chi connectivity index (χ4n) is 2.46. The molecule has 1 fully saturated rings. The van der Waals surface area contributed by atoms with E-state index >= 15 is 0 Å². The monoisotopic (exact) mass is 426 g/mol. The Bertz CT molecular complexity index is 834. The van der Waals surface area contributed by atoms with Gasteiger partial charge in [-0.2, -0.15) is 0 Å². The summed E-state index contributed by atoms with van der Waals surface area (Å²) >= 11 is 4.52. The molecule has 1 N–H and O–H groups in total. The standard InChI is InChI=1S/C17H13BrF2N2O2S/c18-10-5-6-11(13(20)7-10)17(24)22-9-25-8-15(22)16(23)21-14-4-2-1-3-12(14)19/h1-7,15H,8-9H2,(H,21,23). The summed E-state index contributed by atoms with van der Waals surface area (Å²) in [6, 6.07) is 9.13. The van der Waals surface area contributed by atoms with E-state index in [0.717, 1.165) is 0 Å². The molecule has 4 nitrogen and oxygen atoms in total. The van der Waals surface area contributed by atoms with Gasteiger partial charge >= 0.3 is 0 Å². The lowest BCUT2D eigenvalue weighted by Crippen LogP contribution is -2.44. The number of para-hydroxylation sites is 1. The second kappa shape index (κ2) is 7.53. The van der Waals surface area contributed by atoms with Crippen molar-refractivity contribution in [2.75, 3.05) is 16.9 Å². The molecule has 0 aromatic heterocycles. The van der Waals surface area contributed by atoms with Crippen LogP contribution in [0.2, 0.25) is 0 Å². The van der Waals surface area contributed by atoms with Crippen LogP contribution in [0, 0.1) is 11.6 Å². The summed E-state index contributed by atoms with van der Waals surface area (Å²) in [4.78, 5) is 26.4. The number of nitrogens with one attached hydrogen (secondary N) is 1. The lowest BCUT2D eigenvalue weighted by molar-refractivity contribution is -0.119. The topological polar surface area (TPSA) is 49.4 Å². The van der Waals surface area contributed by atoms with Gasteiger partial charge in [-0.15, -0.1) is 11.8 Å². The summed E-state index contributed by atoms with van der Waals surface area (Å²) in [5, 5.41) is 2.49. The molecule has 1 unspecified atom stereocenters. The predicted molar refractivity (Wildman–Crippen MR) is 96.4 cm³/mol. The SMILES string of the molecule is O=C(Nc1ccccc1F)C1CSCN1C(=O)c1ccc(Br)cc1F. The van der Waals surface area contributed by atoms with Crippen LogP contribution in [0.3, 0.4) is 0 Å². The molecule has 25 heavy (non-hydrogen) atoms. The highest BCUT2D eigenvalue weighted by molar-refractivity contribution is 9.10. The van der Waals surface area contributed by atoms with Crippen LogP contribution in [0.25, 0.3) is 0 Å². The van der Waals surface area contributed by atoms with Crippen molar-refractivity contribution in [2.45, 2.75) is 6.04 Å². The van der Waals surface area contributed by atoms with Crippen LogP contribution in [0.5, 0.6) is 0 Å². The largest absolute Gasteiger partial charge is 0.322 e. The van der Waals surface area contributed by atoms with Crippen LogP contribution in [-0.2, 0) is 4.79 Å². The maximum absolute atomic E-state index is 14.0. The average Bonchev–Trinajstić information content (AvgIpc) is 3.06. The Morgan fingerprint density at radius 3 is 2.64 bits per heavy atom. The van der Waals surface area contributed by atoms with Crippen molar-refractivity contribution in [3.8, 4) is 0 Å². The lowest BCUT2D eigenvalue weighted by atomic mass is 10.1. The lowest BCUT2D eigenvalue weighted by Gasteiger charge is -2.23. The van der Waals surface area contributed by atoms with E-state index in [9.17, 15) is 18.4 Å². The molecule has 0 bridgehead atoms. The zero-order valence-electron chi connectivity index (χ0n) is 12.8. The Balaban J connectivity index is 1.79. The Labute approximate surface area is 155 Å². The van der Waals surface area contributed by atoms with Crippen molar-refractivity contribution in [1.29, 1.82) is 0 Å². The van der Waals surface area contributed by atoms with Gasteiger partial charge in [0.2, 0.25) is 5.91 Å². The number of rotatable bonds is 3. The van der Waals surface area contributed by atoms with Crippen LogP contribution in [-0.4, -0.2) is 34.4 Å². The van der Waals surface area contributed by atoms with E-state index in [1.807, 2.05) is 0 Å². The molecule has 130 valence electrons. The van der Waals surface area contributed by atoms with E-state index in [1.54, 1.807) is 12.1 Å². The van der Waals surface area contributed by atoms with Gasteiger partial charge < -0.3 is 10.2 Å². The first-order valence-electron chi connectivity index (χ1n) is 7.36. The quantitative estimate of drug-likeness (QED) is 0.809. The fourth-order valence-corrected chi connectivity index (χ4v) is 3.94. The van der Waals surface area contributed by atoms with E-state index in [1.165, 1.54) is 47.0 Å². The third kappa shape index (κ3) is 3.85. The van der Waals surface area contributed by atoms with Crippen molar-refractivity contribution in [3.63, 3.8) is 0 Å². The van der Waals surface area contributed by atoms with Crippen LogP contribution >= 0.6 is 27.7 Å². The van der Waals surface area contributed by atoms with Crippen LogP contribution in [0.4, 0.5) is 14.5 Å². The molecular weight excluding hydrogens is 414 g/mol. The minimum Gasteiger partial charge on any atom is -0.322 e. The second-order valence-corrected chi connectivity index (χ2v) is 7.30. The van der Waals surface area contributed by atoms with Crippen LogP contribution < -0.4 is 5.32 Å². The van der Waals surface area contributed by atoms with Gasteiger partial charge in [0.25, 0.3) is 5.91 Å². The maximum atomic E-state index is 14.0. The normalized spacial score (nSPS) is 16.8. The molecule has 2 aromatic rings. The Morgan fingerprint density at radius 1 is 1.16 bits per heavy atom. The molecule has 8 heteroatoms. The molecular formula is C17H13BrF2N2O2S. The molecule has 0 aliphatic carbocycles. The highest BCUT2D eigenvalue weighted by Gasteiger charge is 2.36. The third-order valence-electron chi connectivity index (χ3n) is 3.74. The maximum Gasteiger partial charge on any atom is 0.258 e. The minimum absolute atomic E-state index is 0.0478. The summed E-state index contributed by atoms with van der Waals surface area (Å²) in [5.41, 5.74) is -0.0546. The number of hydrogen-bond acceptors (Lipinski definition) is 3. The molecule has 1 heterocycles. The molecule has 0 spiro atoms. The van der Waals surface area contributed by atoms with Crippen molar-refractivity contribution in [2.24, 2.45) is 0 Å².